The molecule has 1 aromatic rings. The number of nitrogens with one attached hydrogen (secondary N) is 1. The summed E-state index contributed by atoms with van der Waals surface area (Å²) in [4.78, 5) is 20.8. The summed E-state index contributed by atoms with van der Waals surface area (Å²) in [5.74, 6) is -0.919. The van der Waals surface area contributed by atoms with Crippen molar-refractivity contribution in [2.24, 2.45) is 0 Å². The van der Waals surface area contributed by atoms with Gasteiger partial charge in [-0.1, -0.05) is 6.07 Å². The van der Waals surface area contributed by atoms with Gasteiger partial charge in [-0.05, 0) is 6.07 Å². The first-order chi connectivity index (χ1) is 7.59. The Hall–Kier alpha value is -2.31. The largest absolute Gasteiger partial charge is 0.478 e. The maximum absolute atomic E-state index is 10.7. The molecule has 0 amide bonds. The van der Waals surface area contributed by atoms with Crippen LogP contribution in [0.2, 0.25) is 0 Å². The van der Waals surface area contributed by atoms with E-state index in [1.54, 1.807) is 0 Å². The second-order valence-corrected chi connectivity index (χ2v) is 3.23. The molecule has 2 N–H and O–H groups in total. The van der Waals surface area contributed by atoms with Gasteiger partial charge in [0.1, 0.15) is 0 Å². The van der Waals surface area contributed by atoms with Gasteiger partial charge in [0, 0.05) is 6.07 Å². The lowest BCUT2D eigenvalue weighted by molar-refractivity contribution is -0.384. The van der Waals surface area contributed by atoms with Crippen LogP contribution in [0.3, 0.4) is 0 Å². The number of carboxylic acid groups (broad SMARTS) is 1. The van der Waals surface area contributed by atoms with Gasteiger partial charge in [-0.15, -0.1) is 0 Å². The van der Waals surface area contributed by atoms with Crippen molar-refractivity contribution in [3.63, 3.8) is 0 Å². The Morgan fingerprint density at radius 1 is 1.62 bits per heavy atom. The van der Waals surface area contributed by atoms with E-state index in [4.69, 9.17) is 9.84 Å². The van der Waals surface area contributed by atoms with Crippen LogP contribution in [-0.4, -0.2) is 28.6 Å². The Kier molecular flexibility index (Phi) is 2.35. The van der Waals surface area contributed by atoms with E-state index in [0.29, 0.717) is 0 Å². The van der Waals surface area contributed by atoms with Crippen molar-refractivity contribution in [3.05, 3.63) is 28.3 Å². The second kappa shape index (κ2) is 3.69. The molecule has 84 valence electrons. The molecule has 0 spiro atoms. The van der Waals surface area contributed by atoms with Crippen LogP contribution in [0.1, 0.15) is 0 Å². The van der Waals surface area contributed by atoms with Gasteiger partial charge < -0.3 is 15.2 Å². The number of hydrogen-bond donors (Lipinski definition) is 2. The third-order valence-corrected chi connectivity index (χ3v) is 2.21. The van der Waals surface area contributed by atoms with Crippen LogP contribution in [0.5, 0.6) is 5.75 Å². The zero-order valence-corrected chi connectivity index (χ0v) is 8.04. The van der Waals surface area contributed by atoms with Gasteiger partial charge in [0.05, 0.1) is 11.5 Å². The van der Waals surface area contributed by atoms with Crippen molar-refractivity contribution in [3.8, 4) is 5.75 Å². The molecular formula is C9H8N2O5. The molecule has 0 saturated carbocycles. The SMILES string of the molecule is O=C(O)C1CNc2c(cccc2[N+](=O)[O-])O1. The first-order valence-corrected chi connectivity index (χ1v) is 4.50. The maximum Gasteiger partial charge on any atom is 0.346 e. The third-order valence-electron chi connectivity index (χ3n) is 2.21. The number of ether oxygens (including phenoxy) is 1. The highest BCUT2D eigenvalue weighted by molar-refractivity contribution is 5.78. The number of hydrogen-bond acceptors (Lipinski definition) is 5. The number of anilines is 1. The molecule has 0 bridgehead atoms. The smallest absolute Gasteiger partial charge is 0.346 e. The van der Waals surface area contributed by atoms with E-state index in [1.807, 2.05) is 0 Å². The highest BCUT2D eigenvalue weighted by Gasteiger charge is 2.29. The van der Waals surface area contributed by atoms with Crippen molar-refractivity contribution in [1.29, 1.82) is 0 Å². The Balaban J connectivity index is 2.38. The highest BCUT2D eigenvalue weighted by atomic mass is 16.6. The lowest BCUT2D eigenvalue weighted by atomic mass is 10.2. The molecule has 7 nitrogen and oxygen atoms in total. The summed E-state index contributed by atoms with van der Waals surface area (Å²) in [6, 6.07) is 4.27. The number of carboxylic acids is 1. The first-order valence-electron chi connectivity index (χ1n) is 4.50. The molecule has 0 fully saturated rings. The summed E-state index contributed by atoms with van der Waals surface area (Å²) in [5.41, 5.74) is 0.103. The molecule has 16 heavy (non-hydrogen) atoms. The lowest BCUT2D eigenvalue weighted by Gasteiger charge is -2.23. The number of nitro benzene ring substituents is 1. The van der Waals surface area contributed by atoms with Crippen LogP contribution in [-0.2, 0) is 4.79 Å². The number of aliphatic carboxylic acids is 1. The van der Waals surface area contributed by atoms with Crippen LogP contribution >= 0.6 is 0 Å². The van der Waals surface area contributed by atoms with Gasteiger partial charge in [0.25, 0.3) is 5.69 Å². The standard InChI is InChI=1S/C9H8N2O5/c12-9(13)7-4-10-8-5(11(14)15)2-1-3-6(8)16-7/h1-3,7,10H,4H2,(H,12,13). The zero-order valence-electron chi connectivity index (χ0n) is 8.04. The second-order valence-electron chi connectivity index (χ2n) is 3.23. The number of para-hydroxylation sites is 1. The quantitative estimate of drug-likeness (QED) is 0.570. The summed E-state index contributed by atoms with van der Waals surface area (Å²) >= 11 is 0. The monoisotopic (exact) mass is 224 g/mol. The molecule has 1 aliphatic rings. The predicted octanol–water partition coefficient (Wildman–Crippen LogP) is 0.852. The van der Waals surface area contributed by atoms with Crippen LogP contribution in [0.4, 0.5) is 11.4 Å². The van der Waals surface area contributed by atoms with Gasteiger partial charge in [-0.2, -0.15) is 0 Å². The van der Waals surface area contributed by atoms with E-state index in [9.17, 15) is 14.9 Å². The van der Waals surface area contributed by atoms with Gasteiger partial charge >= 0.3 is 5.97 Å². The van der Waals surface area contributed by atoms with E-state index in [0.717, 1.165) is 0 Å². The molecule has 1 aliphatic heterocycles. The molecule has 1 heterocycles. The van der Waals surface area contributed by atoms with Crippen molar-refractivity contribution in [2.45, 2.75) is 6.10 Å². The van der Waals surface area contributed by atoms with E-state index in [-0.39, 0.29) is 23.7 Å². The van der Waals surface area contributed by atoms with Crippen molar-refractivity contribution < 1.29 is 19.6 Å². The van der Waals surface area contributed by atoms with E-state index in [2.05, 4.69) is 5.32 Å². The molecule has 0 saturated heterocycles. The minimum atomic E-state index is -1.11. The van der Waals surface area contributed by atoms with E-state index < -0.39 is 17.0 Å². The van der Waals surface area contributed by atoms with Gasteiger partial charge in [-0.25, -0.2) is 4.79 Å². The van der Waals surface area contributed by atoms with Crippen molar-refractivity contribution >= 4 is 17.3 Å². The van der Waals surface area contributed by atoms with Gasteiger partial charge in [0.2, 0.25) is 6.10 Å². The fourth-order valence-electron chi connectivity index (χ4n) is 1.47. The topological polar surface area (TPSA) is 102 Å². The summed E-state index contributed by atoms with van der Waals surface area (Å²) in [7, 11) is 0. The predicted molar refractivity (Wildman–Crippen MR) is 53.6 cm³/mol. The number of carbonyl (C=O) groups is 1. The average molecular weight is 224 g/mol. The fourth-order valence-corrected chi connectivity index (χ4v) is 1.47. The minimum Gasteiger partial charge on any atom is -0.478 e. The third kappa shape index (κ3) is 1.62. The molecule has 0 aliphatic carbocycles. The molecule has 1 aromatic carbocycles. The lowest BCUT2D eigenvalue weighted by Crippen LogP contribution is -2.37. The number of benzene rings is 1. The number of nitro groups is 1. The van der Waals surface area contributed by atoms with Gasteiger partial charge in [-0.3, -0.25) is 10.1 Å². The maximum atomic E-state index is 10.7. The molecule has 1 atom stereocenters. The molecule has 7 heteroatoms. The van der Waals surface area contributed by atoms with Crippen molar-refractivity contribution in [2.75, 3.05) is 11.9 Å². The Morgan fingerprint density at radius 3 is 3.00 bits per heavy atom. The number of nitrogens with zero attached hydrogens (tertiary/aromatic N) is 1. The molecular weight excluding hydrogens is 216 g/mol. The number of rotatable bonds is 2. The molecule has 0 radical (unpaired) electrons. The Bertz CT molecular complexity index is 459. The Morgan fingerprint density at radius 2 is 2.38 bits per heavy atom. The molecule has 0 aromatic heterocycles. The summed E-state index contributed by atoms with van der Waals surface area (Å²) in [5, 5.41) is 22.1. The van der Waals surface area contributed by atoms with E-state index >= 15 is 0 Å². The normalized spacial score (nSPS) is 17.9. The summed E-state index contributed by atoms with van der Waals surface area (Å²) < 4.78 is 5.12. The van der Waals surface area contributed by atoms with Crippen molar-refractivity contribution in [1.82, 2.24) is 0 Å². The van der Waals surface area contributed by atoms with Crippen LogP contribution in [0.25, 0.3) is 0 Å². The van der Waals surface area contributed by atoms with E-state index in [1.165, 1.54) is 18.2 Å². The fraction of sp³-hybridized carbons (Fsp3) is 0.222. The zero-order chi connectivity index (χ0) is 11.7. The average Bonchev–Trinajstić information content (AvgIpc) is 2.27. The Labute approximate surface area is 89.8 Å². The minimum absolute atomic E-state index is 0.00713. The first kappa shape index (κ1) is 10.2. The summed E-state index contributed by atoms with van der Waals surface area (Å²) in [6.07, 6.45) is -1.02. The van der Waals surface area contributed by atoms with Gasteiger partial charge in [0.15, 0.2) is 11.4 Å². The van der Waals surface area contributed by atoms with Crippen LogP contribution in [0.15, 0.2) is 18.2 Å². The molecule has 1 unspecified atom stereocenters. The van der Waals surface area contributed by atoms with Crippen LogP contribution < -0.4 is 10.1 Å². The highest BCUT2D eigenvalue weighted by Crippen LogP contribution is 2.36. The van der Waals surface area contributed by atoms with Crippen LogP contribution in [0, 0.1) is 10.1 Å². The number of fused-ring (bicyclic) bond motifs is 1. The summed E-state index contributed by atoms with van der Waals surface area (Å²) in [6.45, 7) is 0.00713. The molecule has 2 rings (SSSR count).